The minimum atomic E-state index is -0.0466. The third-order valence-electron chi connectivity index (χ3n) is 7.93. The highest BCUT2D eigenvalue weighted by molar-refractivity contribution is 5.75. The van der Waals surface area contributed by atoms with Crippen LogP contribution in [0.1, 0.15) is 103 Å². The maximum atomic E-state index is 13.2. The fourth-order valence-corrected chi connectivity index (χ4v) is 6.26. The predicted octanol–water partition coefficient (Wildman–Crippen LogP) is 7.68. The van der Waals surface area contributed by atoms with Crippen LogP contribution in [-0.2, 0) is 4.79 Å². The lowest BCUT2D eigenvalue weighted by molar-refractivity contribution is -0.145. The molecule has 0 saturated heterocycles. The molecule has 1 aromatic rings. The Bertz CT molecular complexity index is 720. The van der Waals surface area contributed by atoms with Crippen molar-refractivity contribution >= 4 is 5.97 Å². The molecular formula is C28H41NO2. The molecule has 0 amide bonds. The fourth-order valence-electron chi connectivity index (χ4n) is 6.26. The number of benzene rings is 1. The molecule has 0 heterocycles. The van der Waals surface area contributed by atoms with E-state index in [0.717, 1.165) is 18.3 Å². The summed E-state index contributed by atoms with van der Waals surface area (Å²) in [6.45, 7) is 4.54. The molecule has 5 atom stereocenters. The first-order valence-corrected chi connectivity index (χ1v) is 12.9. The van der Waals surface area contributed by atoms with Gasteiger partial charge in [0, 0.05) is 0 Å². The smallest absolute Gasteiger partial charge is 0.314 e. The Labute approximate surface area is 189 Å². The van der Waals surface area contributed by atoms with E-state index < -0.39 is 0 Å². The topological polar surface area (TPSA) is 50.1 Å². The van der Waals surface area contributed by atoms with Gasteiger partial charge in [-0.1, -0.05) is 65.2 Å². The predicted molar refractivity (Wildman–Crippen MR) is 126 cm³/mol. The SMILES string of the molecule is CCCCCC1CCC2C(CCC(C(=O)Oc3ccc(C#N)cc3)C2CCCCC)C1. The maximum absolute atomic E-state index is 13.2. The van der Waals surface area contributed by atoms with Crippen LogP contribution in [0.4, 0.5) is 0 Å². The number of ether oxygens (including phenoxy) is 1. The van der Waals surface area contributed by atoms with E-state index in [4.69, 9.17) is 10.00 Å². The van der Waals surface area contributed by atoms with Gasteiger partial charge in [0.2, 0.25) is 0 Å². The number of nitriles is 1. The van der Waals surface area contributed by atoms with E-state index in [2.05, 4.69) is 19.9 Å². The molecule has 31 heavy (non-hydrogen) atoms. The van der Waals surface area contributed by atoms with Crippen molar-refractivity contribution in [2.75, 3.05) is 0 Å². The average molecular weight is 424 g/mol. The maximum Gasteiger partial charge on any atom is 0.314 e. The zero-order valence-corrected chi connectivity index (χ0v) is 19.7. The molecule has 2 aliphatic rings. The van der Waals surface area contributed by atoms with Crippen LogP contribution in [0.3, 0.4) is 0 Å². The van der Waals surface area contributed by atoms with Gasteiger partial charge >= 0.3 is 5.97 Å². The van der Waals surface area contributed by atoms with E-state index in [1.807, 2.05) is 0 Å². The Hall–Kier alpha value is -1.82. The monoisotopic (exact) mass is 423 g/mol. The molecule has 0 N–H and O–H groups in total. The average Bonchev–Trinajstić information content (AvgIpc) is 2.79. The Kier molecular flexibility index (Phi) is 9.44. The molecule has 2 fully saturated rings. The minimum absolute atomic E-state index is 0.0328. The Balaban J connectivity index is 1.64. The molecule has 0 spiro atoms. The molecule has 0 radical (unpaired) electrons. The zero-order chi connectivity index (χ0) is 22.1. The van der Waals surface area contributed by atoms with Crippen molar-refractivity contribution < 1.29 is 9.53 Å². The summed E-state index contributed by atoms with van der Waals surface area (Å²) in [5.41, 5.74) is 0.591. The second-order valence-electron chi connectivity index (χ2n) is 10.00. The summed E-state index contributed by atoms with van der Waals surface area (Å²) in [6.07, 6.45) is 16.6. The van der Waals surface area contributed by atoms with Gasteiger partial charge in [-0.15, -0.1) is 0 Å². The summed E-state index contributed by atoms with van der Waals surface area (Å²) < 4.78 is 5.81. The first-order valence-electron chi connectivity index (χ1n) is 12.9. The summed E-state index contributed by atoms with van der Waals surface area (Å²) in [5, 5.41) is 8.98. The van der Waals surface area contributed by atoms with Crippen LogP contribution in [0.15, 0.2) is 24.3 Å². The largest absolute Gasteiger partial charge is 0.426 e. The standard InChI is InChI=1S/C28H41NO2/c1-3-5-7-9-21-13-17-25-23(19-21)14-18-27(26(25)10-8-6-4-2)28(30)31-24-15-11-22(20-29)12-16-24/h11-12,15-16,21,23,25-27H,3-10,13-14,17-19H2,1-2H3. The van der Waals surface area contributed by atoms with Crippen molar-refractivity contribution in [3.8, 4) is 11.8 Å². The Morgan fingerprint density at radius 3 is 2.35 bits per heavy atom. The minimum Gasteiger partial charge on any atom is -0.426 e. The number of nitrogens with zero attached hydrogens (tertiary/aromatic N) is 1. The number of hydrogen-bond acceptors (Lipinski definition) is 3. The molecule has 0 aromatic heterocycles. The quantitative estimate of drug-likeness (QED) is 0.220. The lowest BCUT2D eigenvalue weighted by Gasteiger charge is -2.47. The van der Waals surface area contributed by atoms with E-state index >= 15 is 0 Å². The highest BCUT2D eigenvalue weighted by atomic mass is 16.5. The Morgan fingerprint density at radius 1 is 0.968 bits per heavy atom. The third-order valence-corrected chi connectivity index (χ3v) is 7.93. The summed E-state index contributed by atoms with van der Waals surface area (Å²) in [4.78, 5) is 13.2. The number of fused-ring (bicyclic) bond motifs is 1. The highest BCUT2D eigenvalue weighted by Gasteiger charge is 2.44. The second kappa shape index (κ2) is 12.3. The van der Waals surface area contributed by atoms with E-state index in [1.54, 1.807) is 24.3 Å². The van der Waals surface area contributed by atoms with Gasteiger partial charge in [0.25, 0.3) is 0 Å². The van der Waals surface area contributed by atoms with Crippen LogP contribution in [-0.4, -0.2) is 5.97 Å². The van der Waals surface area contributed by atoms with Crippen molar-refractivity contribution in [3.63, 3.8) is 0 Å². The molecule has 170 valence electrons. The number of rotatable bonds is 10. The van der Waals surface area contributed by atoms with Gasteiger partial charge in [0.05, 0.1) is 17.6 Å². The zero-order valence-electron chi connectivity index (χ0n) is 19.7. The molecule has 3 nitrogen and oxygen atoms in total. The third kappa shape index (κ3) is 6.58. The first-order chi connectivity index (χ1) is 15.2. The number of esters is 1. The van der Waals surface area contributed by atoms with Crippen molar-refractivity contribution in [1.29, 1.82) is 5.26 Å². The molecule has 0 bridgehead atoms. The van der Waals surface area contributed by atoms with Gasteiger partial charge in [0.15, 0.2) is 0 Å². The van der Waals surface area contributed by atoms with Crippen LogP contribution in [0.2, 0.25) is 0 Å². The van der Waals surface area contributed by atoms with Crippen molar-refractivity contribution in [3.05, 3.63) is 29.8 Å². The lowest BCUT2D eigenvalue weighted by atomic mass is 9.58. The molecule has 5 unspecified atom stereocenters. The van der Waals surface area contributed by atoms with Gasteiger partial charge in [-0.3, -0.25) is 4.79 Å². The van der Waals surface area contributed by atoms with Crippen LogP contribution in [0.5, 0.6) is 5.75 Å². The molecule has 2 saturated carbocycles. The van der Waals surface area contributed by atoms with E-state index in [1.165, 1.54) is 77.0 Å². The van der Waals surface area contributed by atoms with E-state index in [0.29, 0.717) is 23.1 Å². The lowest BCUT2D eigenvalue weighted by Crippen LogP contribution is -2.42. The van der Waals surface area contributed by atoms with E-state index in [9.17, 15) is 4.79 Å². The summed E-state index contributed by atoms with van der Waals surface area (Å²) >= 11 is 0. The normalized spacial score (nSPS) is 27.8. The second-order valence-corrected chi connectivity index (χ2v) is 10.00. The Morgan fingerprint density at radius 2 is 1.68 bits per heavy atom. The molecule has 0 aliphatic heterocycles. The molecule has 2 aliphatic carbocycles. The number of carbonyl (C=O) groups excluding carboxylic acids is 1. The van der Waals surface area contributed by atoms with Crippen LogP contribution in [0.25, 0.3) is 0 Å². The molecule has 1 aromatic carbocycles. The highest BCUT2D eigenvalue weighted by Crippen LogP contribution is 2.50. The van der Waals surface area contributed by atoms with Gasteiger partial charge < -0.3 is 4.74 Å². The number of carbonyl (C=O) groups is 1. The van der Waals surface area contributed by atoms with Crippen molar-refractivity contribution in [1.82, 2.24) is 0 Å². The number of unbranched alkanes of at least 4 members (excludes halogenated alkanes) is 4. The van der Waals surface area contributed by atoms with Crippen LogP contribution >= 0.6 is 0 Å². The first kappa shape index (κ1) is 23.8. The molecule has 3 rings (SSSR count). The molecular weight excluding hydrogens is 382 g/mol. The van der Waals surface area contributed by atoms with Crippen LogP contribution in [0, 0.1) is 40.9 Å². The fraction of sp³-hybridized carbons (Fsp3) is 0.714. The van der Waals surface area contributed by atoms with Gasteiger partial charge in [-0.05, 0) is 80.0 Å². The van der Waals surface area contributed by atoms with Gasteiger partial charge in [0.1, 0.15) is 5.75 Å². The van der Waals surface area contributed by atoms with Gasteiger partial charge in [-0.2, -0.15) is 5.26 Å². The van der Waals surface area contributed by atoms with Crippen LogP contribution < -0.4 is 4.74 Å². The summed E-state index contributed by atoms with van der Waals surface area (Å²) in [7, 11) is 0. The van der Waals surface area contributed by atoms with Gasteiger partial charge in [-0.25, -0.2) is 0 Å². The molecule has 3 heteroatoms. The summed E-state index contributed by atoms with van der Waals surface area (Å²) in [5.74, 6) is 3.45. The van der Waals surface area contributed by atoms with Crippen molar-refractivity contribution in [2.45, 2.75) is 97.3 Å². The summed E-state index contributed by atoms with van der Waals surface area (Å²) in [6, 6.07) is 9.05. The van der Waals surface area contributed by atoms with Crippen molar-refractivity contribution in [2.24, 2.45) is 29.6 Å². The van der Waals surface area contributed by atoms with E-state index in [-0.39, 0.29) is 11.9 Å². The number of hydrogen-bond donors (Lipinski definition) is 0.